The van der Waals surface area contributed by atoms with Crippen LogP contribution in [0.4, 0.5) is 0 Å². The average molecular weight is 252 g/mol. The number of aliphatic hydroxyl groups is 1. The number of hydrogen-bond donors (Lipinski definition) is 1. The summed E-state index contributed by atoms with van der Waals surface area (Å²) in [6.07, 6.45) is 11.8. The Hall–Kier alpha value is -0.0400. The Morgan fingerprint density at radius 2 is 1.89 bits per heavy atom. The van der Waals surface area contributed by atoms with E-state index in [0.29, 0.717) is 17.3 Å². The van der Waals surface area contributed by atoms with Crippen molar-refractivity contribution in [2.24, 2.45) is 23.2 Å². The molecule has 4 atom stereocenters. The van der Waals surface area contributed by atoms with Crippen LogP contribution in [0.2, 0.25) is 0 Å². The molecule has 0 aromatic heterocycles. The minimum Gasteiger partial charge on any atom is -0.393 e. The van der Waals surface area contributed by atoms with Crippen LogP contribution in [-0.4, -0.2) is 11.2 Å². The third kappa shape index (κ3) is 3.10. The van der Waals surface area contributed by atoms with Crippen LogP contribution in [0.25, 0.3) is 0 Å². The monoisotopic (exact) mass is 252 g/mol. The first-order chi connectivity index (χ1) is 8.54. The van der Waals surface area contributed by atoms with Crippen molar-refractivity contribution in [2.45, 2.75) is 84.7 Å². The van der Waals surface area contributed by atoms with Gasteiger partial charge in [0.2, 0.25) is 0 Å². The molecule has 1 N–H and O–H groups in total. The van der Waals surface area contributed by atoms with E-state index in [9.17, 15) is 5.11 Å². The lowest BCUT2D eigenvalue weighted by Gasteiger charge is -2.45. The molecule has 18 heavy (non-hydrogen) atoms. The van der Waals surface area contributed by atoms with Gasteiger partial charge in [-0.3, -0.25) is 0 Å². The summed E-state index contributed by atoms with van der Waals surface area (Å²) in [5.74, 6) is 2.02. The summed E-state index contributed by atoms with van der Waals surface area (Å²) in [7, 11) is 0. The van der Waals surface area contributed by atoms with Crippen molar-refractivity contribution in [3.63, 3.8) is 0 Å². The van der Waals surface area contributed by atoms with Crippen molar-refractivity contribution in [1.82, 2.24) is 0 Å². The topological polar surface area (TPSA) is 20.2 Å². The normalized spacial score (nSPS) is 38.3. The lowest BCUT2D eigenvalue weighted by molar-refractivity contribution is -0.0435. The second-order valence-corrected chi connectivity index (χ2v) is 7.53. The minimum absolute atomic E-state index is 0.0327. The fourth-order valence-electron chi connectivity index (χ4n) is 4.50. The standard InChI is InChI=1S/C17H32O/c1-4-13-8-7-9-14(12-13)16(18)15-10-5-6-11-17(15,2)3/h13-16,18H,4-12H2,1-3H3. The smallest absolute Gasteiger partial charge is 0.0601 e. The highest BCUT2D eigenvalue weighted by Gasteiger charge is 2.40. The van der Waals surface area contributed by atoms with Crippen LogP contribution in [0.5, 0.6) is 0 Å². The Morgan fingerprint density at radius 1 is 1.11 bits per heavy atom. The summed E-state index contributed by atoms with van der Waals surface area (Å²) in [4.78, 5) is 0. The maximum atomic E-state index is 10.8. The molecule has 2 aliphatic carbocycles. The molecule has 0 bridgehead atoms. The van der Waals surface area contributed by atoms with Gasteiger partial charge in [-0.1, -0.05) is 52.9 Å². The molecule has 1 heteroatoms. The number of hydrogen-bond acceptors (Lipinski definition) is 1. The van der Waals surface area contributed by atoms with Gasteiger partial charge in [-0.2, -0.15) is 0 Å². The lowest BCUT2D eigenvalue weighted by atomic mass is 9.62. The minimum atomic E-state index is -0.0327. The van der Waals surface area contributed by atoms with Gasteiger partial charge in [-0.05, 0) is 48.9 Å². The van der Waals surface area contributed by atoms with Gasteiger partial charge in [0.15, 0.2) is 0 Å². The predicted octanol–water partition coefficient (Wildman–Crippen LogP) is 4.78. The molecule has 4 unspecified atom stereocenters. The van der Waals surface area contributed by atoms with E-state index in [-0.39, 0.29) is 6.10 Å². The van der Waals surface area contributed by atoms with Gasteiger partial charge in [0, 0.05) is 0 Å². The SMILES string of the molecule is CCC1CCCC(C(O)C2CCCCC2(C)C)C1. The molecule has 2 fully saturated rings. The van der Waals surface area contributed by atoms with Crippen LogP contribution in [0.3, 0.4) is 0 Å². The molecule has 0 aliphatic heterocycles. The molecule has 2 rings (SSSR count). The van der Waals surface area contributed by atoms with Gasteiger partial charge in [0.25, 0.3) is 0 Å². The zero-order valence-corrected chi connectivity index (χ0v) is 12.6. The molecular formula is C17H32O. The van der Waals surface area contributed by atoms with Crippen LogP contribution in [0, 0.1) is 23.2 Å². The van der Waals surface area contributed by atoms with E-state index in [0.717, 1.165) is 5.92 Å². The van der Waals surface area contributed by atoms with Gasteiger partial charge in [-0.15, -0.1) is 0 Å². The molecule has 1 nitrogen and oxygen atoms in total. The molecule has 2 aliphatic rings. The van der Waals surface area contributed by atoms with E-state index in [1.54, 1.807) is 0 Å². The number of aliphatic hydroxyl groups excluding tert-OH is 1. The van der Waals surface area contributed by atoms with Crippen molar-refractivity contribution in [2.75, 3.05) is 0 Å². The Balaban J connectivity index is 1.98. The third-order valence-corrected chi connectivity index (χ3v) is 5.89. The third-order valence-electron chi connectivity index (χ3n) is 5.89. The average Bonchev–Trinajstić information content (AvgIpc) is 2.37. The van der Waals surface area contributed by atoms with Crippen molar-refractivity contribution < 1.29 is 5.11 Å². The first kappa shape index (κ1) is 14.4. The maximum absolute atomic E-state index is 10.8. The molecule has 0 heterocycles. The lowest BCUT2D eigenvalue weighted by Crippen LogP contribution is -2.42. The van der Waals surface area contributed by atoms with Crippen molar-refractivity contribution in [3.8, 4) is 0 Å². The van der Waals surface area contributed by atoms with E-state index in [1.165, 1.54) is 57.8 Å². The predicted molar refractivity (Wildman–Crippen MR) is 77.5 cm³/mol. The van der Waals surface area contributed by atoms with Crippen molar-refractivity contribution in [3.05, 3.63) is 0 Å². The first-order valence-electron chi connectivity index (χ1n) is 8.22. The van der Waals surface area contributed by atoms with Crippen molar-refractivity contribution >= 4 is 0 Å². The molecule has 0 saturated heterocycles. The van der Waals surface area contributed by atoms with E-state index in [1.807, 2.05) is 0 Å². The fraction of sp³-hybridized carbons (Fsp3) is 1.00. The second-order valence-electron chi connectivity index (χ2n) is 7.53. The molecule has 0 amide bonds. The fourth-order valence-corrected chi connectivity index (χ4v) is 4.50. The van der Waals surface area contributed by atoms with Gasteiger partial charge in [-0.25, -0.2) is 0 Å². The van der Waals surface area contributed by atoms with E-state index < -0.39 is 0 Å². The summed E-state index contributed by atoms with van der Waals surface area (Å²) in [6.45, 7) is 7.06. The Labute approximate surface area is 113 Å². The Morgan fingerprint density at radius 3 is 2.56 bits per heavy atom. The summed E-state index contributed by atoms with van der Waals surface area (Å²) in [6, 6.07) is 0. The van der Waals surface area contributed by atoms with E-state index in [2.05, 4.69) is 20.8 Å². The van der Waals surface area contributed by atoms with Crippen LogP contribution in [0.1, 0.15) is 78.6 Å². The zero-order valence-electron chi connectivity index (χ0n) is 12.6. The molecule has 0 aromatic carbocycles. The summed E-state index contributed by atoms with van der Waals surface area (Å²) in [5, 5.41) is 10.8. The van der Waals surface area contributed by atoms with Gasteiger partial charge >= 0.3 is 0 Å². The zero-order chi connectivity index (χ0) is 13.2. The highest BCUT2D eigenvalue weighted by molar-refractivity contribution is 4.91. The van der Waals surface area contributed by atoms with Gasteiger partial charge in [0.1, 0.15) is 0 Å². The largest absolute Gasteiger partial charge is 0.393 e. The Kier molecular flexibility index (Phi) is 4.75. The van der Waals surface area contributed by atoms with Crippen LogP contribution in [-0.2, 0) is 0 Å². The summed E-state index contributed by atoms with van der Waals surface area (Å²) < 4.78 is 0. The van der Waals surface area contributed by atoms with Gasteiger partial charge < -0.3 is 5.11 Å². The molecular weight excluding hydrogens is 220 g/mol. The van der Waals surface area contributed by atoms with E-state index in [4.69, 9.17) is 0 Å². The molecule has 0 spiro atoms. The maximum Gasteiger partial charge on any atom is 0.0601 e. The van der Waals surface area contributed by atoms with E-state index >= 15 is 0 Å². The van der Waals surface area contributed by atoms with Crippen LogP contribution < -0.4 is 0 Å². The van der Waals surface area contributed by atoms with Crippen LogP contribution in [0.15, 0.2) is 0 Å². The summed E-state index contributed by atoms with van der Waals surface area (Å²) in [5.41, 5.74) is 0.358. The molecule has 0 aromatic rings. The molecule has 2 saturated carbocycles. The Bertz CT molecular complexity index is 258. The van der Waals surface area contributed by atoms with Gasteiger partial charge in [0.05, 0.1) is 6.10 Å². The second kappa shape index (κ2) is 5.94. The molecule has 106 valence electrons. The van der Waals surface area contributed by atoms with Crippen molar-refractivity contribution in [1.29, 1.82) is 0 Å². The summed E-state index contributed by atoms with van der Waals surface area (Å²) >= 11 is 0. The first-order valence-corrected chi connectivity index (χ1v) is 8.22. The number of rotatable bonds is 3. The highest BCUT2D eigenvalue weighted by Crippen LogP contribution is 2.46. The quantitative estimate of drug-likeness (QED) is 0.766. The van der Waals surface area contributed by atoms with Crippen LogP contribution >= 0.6 is 0 Å². The molecule has 0 radical (unpaired) electrons. The highest BCUT2D eigenvalue weighted by atomic mass is 16.3.